The largest absolute Gasteiger partial charge is 0.446 e. The molecule has 0 saturated carbocycles. The number of nitrogens with zero attached hydrogens (tertiary/aromatic N) is 7. The topological polar surface area (TPSA) is 206 Å². The number of ether oxygens (including phenoxy) is 1. The fourth-order valence-corrected chi connectivity index (χ4v) is 10.7. The summed E-state index contributed by atoms with van der Waals surface area (Å²) in [6, 6.07) is 17.7. The summed E-state index contributed by atoms with van der Waals surface area (Å²) in [5.74, 6) is -2.81. The number of nitrogens with one attached hydrogen (secondary N) is 2. The molecule has 16 nitrogen and oxygen atoms in total. The zero-order chi connectivity index (χ0) is 48.1. The van der Waals surface area contributed by atoms with Gasteiger partial charge in [-0.15, -0.1) is 22.7 Å². The molecule has 8 rings (SSSR count). The van der Waals surface area contributed by atoms with Crippen molar-refractivity contribution in [2.45, 2.75) is 110 Å². The molecule has 68 heavy (non-hydrogen) atoms. The Morgan fingerprint density at radius 1 is 0.750 bits per heavy atom. The van der Waals surface area contributed by atoms with Crippen LogP contribution in [0.5, 0.6) is 0 Å². The highest BCUT2D eigenvalue weighted by Gasteiger charge is 2.45. The van der Waals surface area contributed by atoms with Crippen molar-refractivity contribution in [1.82, 2.24) is 45.6 Å². The van der Waals surface area contributed by atoms with Gasteiger partial charge < -0.3 is 34.7 Å². The van der Waals surface area contributed by atoms with Crippen molar-refractivity contribution in [1.29, 1.82) is 0 Å². The van der Waals surface area contributed by atoms with Crippen LogP contribution in [0.4, 0.5) is 0 Å². The second kappa shape index (κ2) is 21.4. The van der Waals surface area contributed by atoms with Crippen LogP contribution in [0.25, 0.3) is 20.9 Å². The number of likely N-dealkylation sites (tertiary alicyclic amines) is 2. The zero-order valence-electron chi connectivity index (χ0n) is 39.0. The third kappa shape index (κ3) is 10.9. The number of aliphatic hydroxyl groups is 1. The zero-order valence-corrected chi connectivity index (χ0v) is 40.6. The second-order valence-corrected chi connectivity index (χ2v) is 19.9. The average Bonchev–Trinajstić information content (AvgIpc) is 4.20. The van der Waals surface area contributed by atoms with Gasteiger partial charge in [-0.1, -0.05) is 76.2 Å². The Bertz CT molecular complexity index is 2690. The van der Waals surface area contributed by atoms with Crippen LogP contribution >= 0.6 is 22.7 Å². The summed E-state index contributed by atoms with van der Waals surface area (Å²) in [6.07, 6.45) is 1.92. The molecule has 0 bridgehead atoms. The third-order valence-corrected chi connectivity index (χ3v) is 14.6. The lowest BCUT2D eigenvalue weighted by Gasteiger charge is -2.29. The van der Waals surface area contributed by atoms with Crippen LogP contribution in [0.15, 0.2) is 88.6 Å². The molecule has 0 unspecified atom stereocenters. The number of hydrogen-bond donors (Lipinski definition) is 3. The smallest absolute Gasteiger partial charge is 0.243 e. The molecular formula is C50H57N9O7S2. The first-order valence-corrected chi connectivity index (χ1v) is 24.7. The Balaban J connectivity index is 0.916. The molecule has 356 valence electrons. The second-order valence-electron chi connectivity index (χ2n) is 18.2. The first-order valence-electron chi connectivity index (χ1n) is 22.9. The van der Waals surface area contributed by atoms with Crippen LogP contribution in [0.1, 0.15) is 92.2 Å². The highest BCUT2D eigenvalue weighted by molar-refractivity contribution is 7.13. The van der Waals surface area contributed by atoms with E-state index in [0.29, 0.717) is 11.4 Å². The van der Waals surface area contributed by atoms with E-state index >= 15 is 0 Å². The molecular weight excluding hydrogens is 903 g/mol. The average molecular weight is 960 g/mol. The number of oxazole rings is 1. The van der Waals surface area contributed by atoms with Crippen molar-refractivity contribution in [2.24, 2.45) is 11.8 Å². The first-order chi connectivity index (χ1) is 32.7. The maximum Gasteiger partial charge on any atom is 0.243 e. The molecule has 0 aliphatic carbocycles. The predicted molar refractivity (Wildman–Crippen MR) is 257 cm³/mol. The summed E-state index contributed by atoms with van der Waals surface area (Å²) in [5, 5.41) is 25.0. The van der Waals surface area contributed by atoms with Gasteiger partial charge in [0.25, 0.3) is 0 Å². The van der Waals surface area contributed by atoms with Gasteiger partial charge in [0.1, 0.15) is 25.0 Å². The molecule has 6 aromatic rings. The van der Waals surface area contributed by atoms with E-state index in [2.05, 4.69) is 35.8 Å². The fraction of sp³-hybridized carbons (Fsp3) is 0.420. The normalized spacial score (nSPS) is 19.1. The minimum Gasteiger partial charge on any atom is -0.446 e. The Morgan fingerprint density at radius 3 is 1.78 bits per heavy atom. The van der Waals surface area contributed by atoms with Gasteiger partial charge >= 0.3 is 0 Å². The van der Waals surface area contributed by atoms with Crippen molar-refractivity contribution in [3.63, 3.8) is 0 Å². The Morgan fingerprint density at radius 2 is 1.28 bits per heavy atom. The van der Waals surface area contributed by atoms with Crippen LogP contribution in [-0.2, 0) is 43.6 Å². The van der Waals surface area contributed by atoms with E-state index < -0.39 is 36.1 Å². The SMILES string of the molecule is Cc1ncsc1-c1ccc(CNC(=O)[C@@H]2C[C@@H](OCc3nc([C@H](C(=O)N4C[C@H](O)C[C@H]4C(=O)NCc4ccc(-c5scnc5C)cc4)C(C)C)co3)CN2C(=O)[C@@H](c2cccnn2)C(C)C)cc1. The lowest BCUT2D eigenvalue weighted by Crippen LogP contribution is -2.48. The van der Waals surface area contributed by atoms with Crippen LogP contribution in [0.2, 0.25) is 0 Å². The number of rotatable bonds is 17. The summed E-state index contributed by atoms with van der Waals surface area (Å²) in [6.45, 7) is 12.2. The van der Waals surface area contributed by atoms with Crippen LogP contribution < -0.4 is 10.6 Å². The molecule has 0 radical (unpaired) electrons. The highest BCUT2D eigenvalue weighted by Crippen LogP contribution is 2.34. The van der Waals surface area contributed by atoms with E-state index in [1.165, 1.54) is 11.2 Å². The van der Waals surface area contributed by atoms with E-state index in [9.17, 15) is 24.3 Å². The predicted octanol–water partition coefficient (Wildman–Crippen LogP) is 6.59. The number of hydrogen-bond acceptors (Lipinski definition) is 14. The maximum atomic E-state index is 14.4. The monoisotopic (exact) mass is 959 g/mol. The van der Waals surface area contributed by atoms with Crippen molar-refractivity contribution >= 4 is 46.3 Å². The Labute approximate surface area is 403 Å². The van der Waals surface area contributed by atoms with Crippen LogP contribution in [-0.4, -0.2) is 101 Å². The summed E-state index contributed by atoms with van der Waals surface area (Å²) in [7, 11) is 0. The van der Waals surface area contributed by atoms with Gasteiger partial charge in [-0.3, -0.25) is 19.2 Å². The molecule has 2 saturated heterocycles. The number of carbonyl (C=O) groups is 4. The van der Waals surface area contributed by atoms with Gasteiger partial charge in [-0.25, -0.2) is 15.0 Å². The van der Waals surface area contributed by atoms with Gasteiger partial charge in [0, 0.05) is 45.2 Å². The number of aryl methyl sites for hydroxylation is 2. The van der Waals surface area contributed by atoms with E-state index in [1.807, 2.05) is 101 Å². The Kier molecular flexibility index (Phi) is 15.2. The van der Waals surface area contributed by atoms with E-state index in [1.54, 1.807) is 45.9 Å². The lowest BCUT2D eigenvalue weighted by molar-refractivity contribution is -0.140. The summed E-state index contributed by atoms with van der Waals surface area (Å²) in [5.41, 5.74) is 10.4. The van der Waals surface area contributed by atoms with Crippen molar-refractivity contribution < 1.29 is 33.4 Å². The van der Waals surface area contributed by atoms with Gasteiger partial charge in [0.05, 0.1) is 67.6 Å². The lowest BCUT2D eigenvalue weighted by atomic mass is 9.90. The molecule has 2 aromatic carbocycles. The van der Waals surface area contributed by atoms with E-state index in [0.717, 1.165) is 43.4 Å². The minimum absolute atomic E-state index is 0.0104. The molecule has 2 aliphatic heterocycles. The van der Waals surface area contributed by atoms with Crippen molar-refractivity contribution in [3.05, 3.63) is 124 Å². The number of amides is 4. The van der Waals surface area contributed by atoms with Crippen LogP contribution in [0, 0.1) is 25.7 Å². The molecule has 2 fully saturated rings. The van der Waals surface area contributed by atoms with Gasteiger partial charge in [-0.05, 0) is 60.1 Å². The number of benzene rings is 2. The number of carbonyl (C=O) groups excluding carboxylic acids is 4. The summed E-state index contributed by atoms with van der Waals surface area (Å²) in [4.78, 5) is 75.0. The highest BCUT2D eigenvalue weighted by atomic mass is 32.1. The molecule has 4 amide bonds. The number of thiazole rings is 2. The van der Waals surface area contributed by atoms with Crippen LogP contribution in [0.3, 0.4) is 0 Å². The summed E-state index contributed by atoms with van der Waals surface area (Å²) < 4.78 is 12.2. The third-order valence-electron chi connectivity index (χ3n) is 12.7. The molecule has 18 heteroatoms. The summed E-state index contributed by atoms with van der Waals surface area (Å²) >= 11 is 3.15. The Hall–Kier alpha value is -6.21. The molecule has 3 N–H and O–H groups in total. The van der Waals surface area contributed by atoms with Gasteiger partial charge in [-0.2, -0.15) is 10.2 Å². The quantitative estimate of drug-likeness (QED) is 0.0886. The van der Waals surface area contributed by atoms with Gasteiger partial charge in [0.2, 0.25) is 29.5 Å². The maximum absolute atomic E-state index is 14.4. The van der Waals surface area contributed by atoms with E-state index in [4.69, 9.17) is 9.15 Å². The minimum atomic E-state index is -0.867. The number of aromatic nitrogens is 5. The molecule has 6 atom stereocenters. The van der Waals surface area contributed by atoms with Crippen molar-refractivity contribution in [3.8, 4) is 20.9 Å². The standard InChI is InChI=1S/C50H57N9O7S2/c1-28(2)43(38-8-7-17-55-57-38)49(63)59-23-37(19-41(59)48(62)52-21-33-11-15-35(16-12-33)46-31(6)54-27-68-46)65-25-42-56-39(24-66-42)44(29(3)4)50(64)58-22-36(60)18-40(58)47(61)51-20-32-9-13-34(14-10-32)45-30(5)53-26-67-45/h7-17,24,26-29,36-37,40-41,43-44,60H,18-23,25H2,1-6H3,(H,51,61)(H,52,62)/t36-,37-,40+,41+,43-,44-/m1/s1. The van der Waals surface area contributed by atoms with Gasteiger partial charge in [0.15, 0.2) is 0 Å². The molecule has 2 aliphatic rings. The molecule has 0 spiro atoms. The number of β-amino-alcohol motifs (C(OH)–C–C–N with tert-alkyl or cyclic N) is 1. The van der Waals surface area contributed by atoms with E-state index in [-0.39, 0.29) is 87.0 Å². The number of aliphatic hydroxyl groups excluding tert-OH is 1. The molecule has 4 aromatic heterocycles. The molecule has 6 heterocycles. The van der Waals surface area contributed by atoms with Crippen molar-refractivity contribution in [2.75, 3.05) is 13.1 Å². The first kappa shape index (κ1) is 48.3. The fourth-order valence-electron chi connectivity index (χ4n) is 9.10.